The van der Waals surface area contributed by atoms with Crippen LogP contribution in [0.1, 0.15) is 73.1 Å². The molecule has 1 saturated heterocycles. The molecule has 2 rings (SSSR count). The molecule has 1 aliphatic carbocycles. The zero-order valence-corrected chi connectivity index (χ0v) is 13.8. The van der Waals surface area contributed by atoms with Crippen molar-refractivity contribution in [2.45, 2.75) is 78.7 Å². The molecule has 0 radical (unpaired) electrons. The molecule has 0 amide bonds. The second kappa shape index (κ2) is 5.32. The third kappa shape index (κ3) is 3.63. The van der Waals surface area contributed by atoms with Gasteiger partial charge in [0.2, 0.25) is 0 Å². The van der Waals surface area contributed by atoms with Gasteiger partial charge in [0.1, 0.15) is 0 Å². The van der Waals surface area contributed by atoms with Gasteiger partial charge in [0.25, 0.3) is 0 Å². The lowest BCUT2D eigenvalue weighted by atomic mass is 9.58. The highest BCUT2D eigenvalue weighted by Crippen LogP contribution is 2.52. The first-order chi connectivity index (χ1) is 7.73. The van der Waals surface area contributed by atoms with E-state index < -0.39 is 0 Å². The first-order valence-electron chi connectivity index (χ1n) is 7.48. The fraction of sp³-hybridized carbons (Fsp3) is 1.00. The van der Waals surface area contributed by atoms with Crippen molar-refractivity contribution in [1.29, 1.82) is 0 Å². The van der Waals surface area contributed by atoms with Crippen LogP contribution in [-0.4, -0.2) is 23.5 Å². The first kappa shape index (κ1) is 16.3. The maximum absolute atomic E-state index is 2.80. The van der Waals surface area contributed by atoms with Crippen LogP contribution in [-0.2, 0) is 0 Å². The predicted octanol–water partition coefficient (Wildman–Crippen LogP) is 4.89. The molecule has 2 heteroatoms. The fourth-order valence-corrected chi connectivity index (χ4v) is 5.20. The molecule has 108 valence electrons. The van der Waals surface area contributed by atoms with Gasteiger partial charge < -0.3 is 0 Å². The van der Waals surface area contributed by atoms with Gasteiger partial charge in [0, 0.05) is 5.54 Å². The molecule has 0 atom stereocenters. The van der Waals surface area contributed by atoms with Crippen molar-refractivity contribution in [2.24, 2.45) is 10.8 Å². The molecule has 0 bridgehead atoms. The summed E-state index contributed by atoms with van der Waals surface area (Å²) >= 11 is 0. The summed E-state index contributed by atoms with van der Waals surface area (Å²) in [6.07, 6.45) is 8.41. The Kier molecular flexibility index (Phi) is 4.82. The molecule has 0 aromatic rings. The van der Waals surface area contributed by atoms with Crippen LogP contribution in [0.4, 0.5) is 0 Å². The smallest absolute Gasteiger partial charge is 0.0191 e. The average molecular weight is 274 g/mol. The van der Waals surface area contributed by atoms with E-state index >= 15 is 0 Å². The van der Waals surface area contributed by atoms with E-state index in [0.717, 1.165) is 0 Å². The molecule has 1 aliphatic heterocycles. The minimum Gasteiger partial charge on any atom is -0.298 e. The lowest BCUT2D eigenvalue weighted by molar-refractivity contribution is -0.0452. The SMILES string of the molecule is CC1(C)CC(C)(C)CC(C)(N2CCCCC2)C1.Cl. The number of likely N-dealkylation sites (tertiary alicyclic amines) is 1. The minimum absolute atomic E-state index is 0. The lowest BCUT2D eigenvalue weighted by Crippen LogP contribution is -2.56. The zero-order valence-electron chi connectivity index (χ0n) is 13.0. The molecule has 1 heterocycles. The van der Waals surface area contributed by atoms with Crippen molar-refractivity contribution in [2.75, 3.05) is 13.1 Å². The van der Waals surface area contributed by atoms with Gasteiger partial charge in [-0.25, -0.2) is 0 Å². The number of nitrogens with zero attached hydrogens (tertiary/aromatic N) is 1. The molecule has 0 aromatic heterocycles. The van der Waals surface area contributed by atoms with Crippen LogP contribution >= 0.6 is 12.4 Å². The van der Waals surface area contributed by atoms with Crippen molar-refractivity contribution in [1.82, 2.24) is 4.90 Å². The maximum Gasteiger partial charge on any atom is 0.0191 e. The Morgan fingerprint density at radius 1 is 0.667 bits per heavy atom. The van der Waals surface area contributed by atoms with E-state index in [-0.39, 0.29) is 12.4 Å². The second-order valence-corrected chi connectivity index (χ2v) is 8.40. The zero-order chi connectivity index (χ0) is 12.7. The molecule has 18 heavy (non-hydrogen) atoms. The fourth-order valence-electron chi connectivity index (χ4n) is 5.20. The van der Waals surface area contributed by atoms with Gasteiger partial charge in [0.05, 0.1) is 0 Å². The average Bonchev–Trinajstić information content (AvgIpc) is 2.13. The van der Waals surface area contributed by atoms with E-state index in [4.69, 9.17) is 0 Å². The van der Waals surface area contributed by atoms with E-state index in [1.165, 1.54) is 51.6 Å². The minimum atomic E-state index is 0. The van der Waals surface area contributed by atoms with Gasteiger partial charge in [-0.1, -0.05) is 34.1 Å². The van der Waals surface area contributed by atoms with E-state index in [1.54, 1.807) is 0 Å². The molecule has 2 aliphatic rings. The van der Waals surface area contributed by atoms with Gasteiger partial charge in [0.15, 0.2) is 0 Å². The van der Waals surface area contributed by atoms with Crippen molar-refractivity contribution >= 4 is 12.4 Å². The molecule has 0 aromatic carbocycles. The number of rotatable bonds is 1. The monoisotopic (exact) mass is 273 g/mol. The molecule has 0 unspecified atom stereocenters. The Labute approximate surface area is 120 Å². The second-order valence-electron chi connectivity index (χ2n) is 8.40. The van der Waals surface area contributed by atoms with E-state index in [1.807, 2.05) is 0 Å². The Morgan fingerprint density at radius 3 is 1.56 bits per heavy atom. The van der Waals surface area contributed by atoms with Crippen LogP contribution in [0.3, 0.4) is 0 Å². The van der Waals surface area contributed by atoms with Crippen LogP contribution in [0.5, 0.6) is 0 Å². The summed E-state index contributed by atoms with van der Waals surface area (Å²) < 4.78 is 0. The van der Waals surface area contributed by atoms with Crippen molar-refractivity contribution in [3.8, 4) is 0 Å². The number of piperidine rings is 1. The number of hydrogen-bond donors (Lipinski definition) is 0. The molecular weight excluding hydrogens is 242 g/mol. The van der Waals surface area contributed by atoms with Gasteiger partial charge in [-0.2, -0.15) is 0 Å². The van der Waals surface area contributed by atoms with Crippen LogP contribution < -0.4 is 0 Å². The van der Waals surface area contributed by atoms with Crippen LogP contribution in [0.2, 0.25) is 0 Å². The lowest BCUT2D eigenvalue weighted by Gasteiger charge is -2.56. The summed E-state index contributed by atoms with van der Waals surface area (Å²) in [5.74, 6) is 0. The van der Waals surface area contributed by atoms with Gasteiger partial charge >= 0.3 is 0 Å². The maximum atomic E-state index is 2.80. The highest BCUT2D eigenvalue weighted by Gasteiger charge is 2.47. The third-order valence-corrected chi connectivity index (χ3v) is 4.80. The normalized spacial score (nSPS) is 30.5. The predicted molar refractivity (Wildman–Crippen MR) is 82.5 cm³/mol. The molecule has 1 saturated carbocycles. The van der Waals surface area contributed by atoms with E-state index in [2.05, 4.69) is 39.5 Å². The van der Waals surface area contributed by atoms with Crippen LogP contribution in [0.25, 0.3) is 0 Å². The highest BCUT2D eigenvalue weighted by molar-refractivity contribution is 5.85. The van der Waals surface area contributed by atoms with Crippen molar-refractivity contribution in [3.05, 3.63) is 0 Å². The summed E-state index contributed by atoms with van der Waals surface area (Å²) in [4.78, 5) is 2.80. The van der Waals surface area contributed by atoms with Gasteiger partial charge in [-0.05, 0) is 62.9 Å². The first-order valence-corrected chi connectivity index (χ1v) is 7.48. The Morgan fingerprint density at radius 2 is 1.11 bits per heavy atom. The summed E-state index contributed by atoms with van der Waals surface area (Å²) in [5, 5.41) is 0. The summed E-state index contributed by atoms with van der Waals surface area (Å²) in [6.45, 7) is 15.1. The summed E-state index contributed by atoms with van der Waals surface area (Å²) in [5.41, 5.74) is 1.47. The Balaban J connectivity index is 0.00000162. The number of halogens is 1. The number of hydrogen-bond acceptors (Lipinski definition) is 1. The van der Waals surface area contributed by atoms with E-state index in [9.17, 15) is 0 Å². The van der Waals surface area contributed by atoms with Gasteiger partial charge in [-0.15, -0.1) is 12.4 Å². The molecule has 0 spiro atoms. The molecule has 1 nitrogen and oxygen atoms in total. The summed E-state index contributed by atoms with van der Waals surface area (Å²) in [7, 11) is 0. The van der Waals surface area contributed by atoms with E-state index in [0.29, 0.717) is 16.4 Å². The largest absolute Gasteiger partial charge is 0.298 e. The van der Waals surface area contributed by atoms with Crippen molar-refractivity contribution in [3.63, 3.8) is 0 Å². The molecule has 2 fully saturated rings. The quantitative estimate of drug-likeness (QED) is 0.658. The molecule has 0 N–H and O–H groups in total. The third-order valence-electron chi connectivity index (χ3n) is 4.80. The highest BCUT2D eigenvalue weighted by atomic mass is 35.5. The topological polar surface area (TPSA) is 3.24 Å². The summed E-state index contributed by atoms with van der Waals surface area (Å²) in [6, 6.07) is 0. The standard InChI is InChI=1S/C16H31N.ClH/c1-14(2)11-15(3,4)13-16(5,12-14)17-9-7-6-8-10-17;/h6-13H2,1-5H3;1H. The van der Waals surface area contributed by atoms with Gasteiger partial charge in [-0.3, -0.25) is 4.90 Å². The Bertz CT molecular complexity index is 261. The van der Waals surface area contributed by atoms with Crippen LogP contribution in [0.15, 0.2) is 0 Å². The van der Waals surface area contributed by atoms with Crippen molar-refractivity contribution < 1.29 is 0 Å². The Hall–Kier alpha value is 0.250. The molecular formula is C16H32ClN. The van der Waals surface area contributed by atoms with Crippen LogP contribution in [0, 0.1) is 10.8 Å².